The van der Waals surface area contributed by atoms with Crippen LogP contribution in [0.4, 0.5) is 5.69 Å². The lowest BCUT2D eigenvalue weighted by Gasteiger charge is -2.17. The average Bonchev–Trinajstić information content (AvgIpc) is 2.87. The number of rotatable bonds is 5. The smallest absolute Gasteiger partial charge is 0.262 e. The van der Waals surface area contributed by atoms with Crippen molar-refractivity contribution < 1.29 is 14.4 Å². The van der Waals surface area contributed by atoms with E-state index >= 15 is 0 Å². The Bertz CT molecular complexity index is 809. The summed E-state index contributed by atoms with van der Waals surface area (Å²) in [7, 11) is 0. The summed E-state index contributed by atoms with van der Waals surface area (Å²) in [4.78, 5) is 38.1. The number of nitrogens with zero attached hydrogens (tertiary/aromatic N) is 1. The molecule has 25 heavy (non-hydrogen) atoms. The molecule has 2 aromatic rings. The number of carbonyl (C=O) groups excluding carboxylic acids is 3. The van der Waals surface area contributed by atoms with Crippen LogP contribution in [0.5, 0.6) is 0 Å². The molecule has 0 spiro atoms. The fraction of sp³-hybridized carbons (Fsp3) is 0.250. The first-order valence-electron chi connectivity index (χ1n) is 8.37. The Morgan fingerprint density at radius 1 is 1.00 bits per heavy atom. The van der Waals surface area contributed by atoms with Crippen molar-refractivity contribution in [3.8, 4) is 0 Å². The van der Waals surface area contributed by atoms with Crippen molar-refractivity contribution in [1.82, 2.24) is 4.90 Å². The Morgan fingerprint density at radius 3 is 2.16 bits per heavy atom. The van der Waals surface area contributed by atoms with Crippen molar-refractivity contribution in [3.05, 3.63) is 65.2 Å². The van der Waals surface area contributed by atoms with Crippen LogP contribution >= 0.6 is 0 Å². The van der Waals surface area contributed by atoms with E-state index in [4.69, 9.17) is 0 Å². The summed E-state index contributed by atoms with van der Waals surface area (Å²) in [5.41, 5.74) is 2.46. The summed E-state index contributed by atoms with van der Waals surface area (Å²) in [6, 6.07) is 14.2. The summed E-state index contributed by atoms with van der Waals surface area (Å²) < 4.78 is 0. The van der Waals surface area contributed by atoms with Crippen LogP contribution in [0.25, 0.3) is 0 Å². The lowest BCUT2D eigenvalue weighted by molar-refractivity contribution is -0.116. The van der Waals surface area contributed by atoms with Crippen LogP contribution in [-0.4, -0.2) is 29.2 Å². The lowest BCUT2D eigenvalue weighted by atomic mass is 9.97. The molecule has 0 saturated carbocycles. The van der Waals surface area contributed by atoms with E-state index in [0.717, 1.165) is 22.6 Å². The maximum absolute atomic E-state index is 12.4. The molecular formula is C20H20N2O3. The SMILES string of the molecule is CC[C@H](C)c1ccccc1NC(=O)CN1C(=O)c2ccccc2C1=O. The molecule has 0 unspecified atom stereocenters. The number of fused-ring (bicyclic) bond motifs is 1. The number of amides is 3. The minimum absolute atomic E-state index is 0.290. The van der Waals surface area contributed by atoms with Crippen LogP contribution in [0.1, 0.15) is 52.5 Å². The molecule has 1 aliphatic heterocycles. The molecule has 1 N–H and O–H groups in total. The van der Waals surface area contributed by atoms with Crippen LogP contribution in [0.3, 0.4) is 0 Å². The van der Waals surface area contributed by atoms with Crippen LogP contribution in [-0.2, 0) is 4.79 Å². The van der Waals surface area contributed by atoms with Gasteiger partial charge in [0, 0.05) is 5.69 Å². The van der Waals surface area contributed by atoms with Gasteiger partial charge in [-0.25, -0.2) is 0 Å². The molecular weight excluding hydrogens is 316 g/mol. The number of hydrogen-bond acceptors (Lipinski definition) is 3. The largest absolute Gasteiger partial charge is 0.324 e. The van der Waals surface area contributed by atoms with Crippen LogP contribution < -0.4 is 5.32 Å². The highest BCUT2D eigenvalue weighted by Gasteiger charge is 2.36. The third-order valence-electron chi connectivity index (χ3n) is 4.56. The molecule has 0 saturated heterocycles. The maximum Gasteiger partial charge on any atom is 0.262 e. The van der Waals surface area contributed by atoms with E-state index in [1.54, 1.807) is 24.3 Å². The maximum atomic E-state index is 12.4. The number of hydrogen-bond donors (Lipinski definition) is 1. The molecule has 1 aliphatic rings. The molecule has 0 aliphatic carbocycles. The first-order chi connectivity index (χ1) is 12.0. The van der Waals surface area contributed by atoms with E-state index in [0.29, 0.717) is 17.0 Å². The third kappa shape index (κ3) is 3.18. The normalized spacial score (nSPS) is 14.4. The Balaban J connectivity index is 1.75. The predicted molar refractivity (Wildman–Crippen MR) is 95.6 cm³/mol. The quantitative estimate of drug-likeness (QED) is 0.851. The van der Waals surface area contributed by atoms with Crippen LogP contribution in [0.15, 0.2) is 48.5 Å². The van der Waals surface area contributed by atoms with E-state index < -0.39 is 11.8 Å². The highest BCUT2D eigenvalue weighted by atomic mass is 16.2. The zero-order valence-corrected chi connectivity index (χ0v) is 14.3. The number of nitrogens with one attached hydrogen (secondary N) is 1. The number of anilines is 1. The highest BCUT2D eigenvalue weighted by Crippen LogP contribution is 2.27. The topological polar surface area (TPSA) is 66.5 Å². The monoisotopic (exact) mass is 336 g/mol. The predicted octanol–water partition coefficient (Wildman–Crippen LogP) is 3.43. The van der Waals surface area contributed by atoms with E-state index in [1.807, 2.05) is 24.3 Å². The van der Waals surface area contributed by atoms with Gasteiger partial charge in [0.25, 0.3) is 11.8 Å². The van der Waals surface area contributed by atoms with Gasteiger partial charge in [-0.2, -0.15) is 0 Å². The zero-order chi connectivity index (χ0) is 18.0. The van der Waals surface area contributed by atoms with Crippen molar-refractivity contribution >= 4 is 23.4 Å². The van der Waals surface area contributed by atoms with Gasteiger partial charge in [0.1, 0.15) is 6.54 Å². The number of imide groups is 1. The van der Waals surface area contributed by atoms with Crippen LogP contribution in [0.2, 0.25) is 0 Å². The third-order valence-corrected chi connectivity index (χ3v) is 4.56. The minimum atomic E-state index is -0.425. The standard InChI is InChI=1S/C20H20N2O3/c1-3-13(2)14-8-6-7-11-17(14)21-18(23)12-22-19(24)15-9-4-5-10-16(15)20(22)25/h4-11,13H,3,12H2,1-2H3,(H,21,23)/t13-/m0/s1. The molecule has 0 aromatic heterocycles. The summed E-state index contributed by atoms with van der Waals surface area (Å²) in [6.45, 7) is 3.89. The molecule has 1 atom stereocenters. The van der Waals surface area contributed by atoms with Gasteiger partial charge < -0.3 is 5.32 Å². The Morgan fingerprint density at radius 2 is 1.56 bits per heavy atom. The van der Waals surface area contributed by atoms with Gasteiger partial charge in [-0.3, -0.25) is 19.3 Å². The highest BCUT2D eigenvalue weighted by molar-refractivity contribution is 6.22. The van der Waals surface area contributed by atoms with Crippen molar-refractivity contribution in [2.45, 2.75) is 26.2 Å². The second-order valence-corrected chi connectivity index (χ2v) is 6.19. The molecule has 3 amide bonds. The van der Waals surface area contributed by atoms with Gasteiger partial charge in [-0.15, -0.1) is 0 Å². The lowest BCUT2D eigenvalue weighted by Crippen LogP contribution is -2.37. The van der Waals surface area contributed by atoms with E-state index in [1.165, 1.54) is 0 Å². The van der Waals surface area contributed by atoms with Gasteiger partial charge in [0.2, 0.25) is 5.91 Å². The number of para-hydroxylation sites is 1. The summed E-state index contributed by atoms with van der Waals surface area (Å²) in [5, 5.41) is 2.84. The molecule has 1 heterocycles. The summed E-state index contributed by atoms with van der Waals surface area (Å²) in [6.07, 6.45) is 0.950. The van der Waals surface area contributed by atoms with Gasteiger partial charge >= 0.3 is 0 Å². The van der Waals surface area contributed by atoms with Gasteiger partial charge in [-0.1, -0.05) is 44.2 Å². The summed E-state index contributed by atoms with van der Waals surface area (Å²) >= 11 is 0. The van der Waals surface area contributed by atoms with Gasteiger partial charge in [0.15, 0.2) is 0 Å². The Labute approximate surface area is 146 Å². The molecule has 0 radical (unpaired) electrons. The van der Waals surface area contributed by atoms with Crippen molar-refractivity contribution in [2.24, 2.45) is 0 Å². The molecule has 0 fully saturated rings. The van der Waals surface area contributed by atoms with Crippen LogP contribution in [0, 0.1) is 0 Å². The fourth-order valence-electron chi connectivity index (χ4n) is 2.98. The Kier molecular flexibility index (Phi) is 4.65. The molecule has 2 aromatic carbocycles. The molecule has 3 rings (SSSR count). The van der Waals surface area contributed by atoms with Gasteiger partial charge in [-0.05, 0) is 36.1 Å². The molecule has 5 nitrogen and oxygen atoms in total. The molecule has 128 valence electrons. The summed E-state index contributed by atoms with van der Waals surface area (Å²) in [5.74, 6) is -0.932. The second-order valence-electron chi connectivity index (χ2n) is 6.19. The van der Waals surface area contributed by atoms with E-state index in [2.05, 4.69) is 19.2 Å². The molecule has 5 heteroatoms. The zero-order valence-electron chi connectivity index (χ0n) is 14.3. The van der Waals surface area contributed by atoms with E-state index in [-0.39, 0.29) is 12.5 Å². The second kappa shape index (κ2) is 6.89. The van der Waals surface area contributed by atoms with Crippen molar-refractivity contribution in [1.29, 1.82) is 0 Å². The fourth-order valence-corrected chi connectivity index (χ4v) is 2.98. The number of benzene rings is 2. The molecule has 0 bridgehead atoms. The Hall–Kier alpha value is -2.95. The minimum Gasteiger partial charge on any atom is -0.324 e. The average molecular weight is 336 g/mol. The first-order valence-corrected chi connectivity index (χ1v) is 8.37. The van der Waals surface area contributed by atoms with E-state index in [9.17, 15) is 14.4 Å². The first kappa shape index (κ1) is 16.9. The van der Waals surface area contributed by atoms with Crippen molar-refractivity contribution in [2.75, 3.05) is 11.9 Å². The number of carbonyl (C=O) groups is 3. The van der Waals surface area contributed by atoms with Crippen molar-refractivity contribution in [3.63, 3.8) is 0 Å². The van der Waals surface area contributed by atoms with Gasteiger partial charge in [0.05, 0.1) is 11.1 Å².